The number of aryl methyl sites for hydroxylation is 1. The molecule has 2 aromatic rings. The zero-order valence-corrected chi connectivity index (χ0v) is 11.6. The lowest BCUT2D eigenvalue weighted by atomic mass is 10.1. The molecular formula is C17H17FN2O. The minimum atomic E-state index is -0.341. The van der Waals surface area contributed by atoms with Crippen LogP contribution in [0.2, 0.25) is 0 Å². The van der Waals surface area contributed by atoms with Crippen molar-refractivity contribution in [3.8, 4) is 0 Å². The number of amides is 1. The lowest BCUT2D eigenvalue weighted by molar-refractivity contribution is -0.121. The van der Waals surface area contributed by atoms with Crippen LogP contribution in [0.25, 0.3) is 0 Å². The number of halogens is 1. The molecule has 1 amide bonds. The van der Waals surface area contributed by atoms with Crippen LogP contribution in [0.3, 0.4) is 0 Å². The molecule has 0 aromatic heterocycles. The van der Waals surface area contributed by atoms with E-state index < -0.39 is 0 Å². The van der Waals surface area contributed by atoms with Crippen molar-refractivity contribution in [2.75, 3.05) is 5.73 Å². The predicted molar refractivity (Wildman–Crippen MR) is 80.2 cm³/mol. The number of benzene rings is 2. The lowest BCUT2D eigenvalue weighted by Crippen LogP contribution is -2.28. The van der Waals surface area contributed by atoms with Gasteiger partial charge in [-0.2, -0.15) is 0 Å². The summed E-state index contributed by atoms with van der Waals surface area (Å²) in [5, 5.41) is 2.98. The number of nitrogens with one attached hydrogen (secondary N) is 1. The first-order valence-electron chi connectivity index (χ1n) is 7.04. The monoisotopic (exact) mass is 284 g/mol. The van der Waals surface area contributed by atoms with E-state index in [1.54, 1.807) is 18.2 Å². The Morgan fingerprint density at radius 1 is 1.29 bits per heavy atom. The number of rotatable bonds is 3. The van der Waals surface area contributed by atoms with E-state index in [9.17, 15) is 9.18 Å². The van der Waals surface area contributed by atoms with Crippen molar-refractivity contribution in [3.63, 3.8) is 0 Å². The fourth-order valence-corrected chi connectivity index (χ4v) is 2.85. The van der Waals surface area contributed by atoms with Crippen molar-refractivity contribution in [2.24, 2.45) is 0 Å². The second kappa shape index (κ2) is 5.56. The van der Waals surface area contributed by atoms with Crippen LogP contribution in [0.5, 0.6) is 0 Å². The van der Waals surface area contributed by atoms with E-state index in [1.165, 1.54) is 11.6 Å². The molecule has 0 fully saturated rings. The summed E-state index contributed by atoms with van der Waals surface area (Å²) in [5.74, 6) is -0.498. The van der Waals surface area contributed by atoms with Crippen molar-refractivity contribution in [1.82, 2.24) is 5.32 Å². The molecule has 2 aromatic carbocycles. The minimum absolute atomic E-state index is 0.000117. The van der Waals surface area contributed by atoms with Gasteiger partial charge in [0.15, 0.2) is 0 Å². The normalized spacial score (nSPS) is 16.5. The quantitative estimate of drug-likeness (QED) is 0.852. The number of hydrogen-bond acceptors (Lipinski definition) is 2. The highest BCUT2D eigenvalue weighted by molar-refractivity contribution is 5.79. The van der Waals surface area contributed by atoms with E-state index in [0.29, 0.717) is 5.56 Å². The van der Waals surface area contributed by atoms with E-state index in [1.807, 2.05) is 18.2 Å². The molecule has 0 saturated heterocycles. The zero-order valence-electron chi connectivity index (χ0n) is 11.6. The van der Waals surface area contributed by atoms with E-state index in [-0.39, 0.29) is 24.2 Å². The molecule has 0 heterocycles. The summed E-state index contributed by atoms with van der Waals surface area (Å²) < 4.78 is 13.6. The Labute approximate surface area is 123 Å². The van der Waals surface area contributed by atoms with Gasteiger partial charge in [0, 0.05) is 5.69 Å². The van der Waals surface area contributed by atoms with Gasteiger partial charge in [-0.1, -0.05) is 24.3 Å². The van der Waals surface area contributed by atoms with Crippen LogP contribution in [0.1, 0.15) is 29.2 Å². The second-order valence-corrected chi connectivity index (χ2v) is 5.39. The maximum atomic E-state index is 13.6. The van der Waals surface area contributed by atoms with Gasteiger partial charge in [-0.05, 0) is 47.7 Å². The molecule has 3 nitrogen and oxygen atoms in total. The molecule has 1 aliphatic carbocycles. The van der Waals surface area contributed by atoms with Gasteiger partial charge in [0.1, 0.15) is 5.82 Å². The topological polar surface area (TPSA) is 55.1 Å². The highest BCUT2D eigenvalue weighted by Gasteiger charge is 2.24. The van der Waals surface area contributed by atoms with Crippen molar-refractivity contribution in [2.45, 2.75) is 25.3 Å². The van der Waals surface area contributed by atoms with Crippen molar-refractivity contribution < 1.29 is 9.18 Å². The average molecular weight is 284 g/mol. The molecule has 1 unspecified atom stereocenters. The van der Waals surface area contributed by atoms with Crippen LogP contribution in [0.15, 0.2) is 42.5 Å². The molecule has 3 N–H and O–H groups in total. The first-order chi connectivity index (χ1) is 10.1. The minimum Gasteiger partial charge on any atom is -0.399 e. The Hall–Kier alpha value is -2.36. The van der Waals surface area contributed by atoms with Gasteiger partial charge in [-0.3, -0.25) is 4.79 Å². The van der Waals surface area contributed by atoms with Crippen molar-refractivity contribution in [3.05, 3.63) is 65.0 Å². The van der Waals surface area contributed by atoms with E-state index >= 15 is 0 Å². The molecule has 0 saturated carbocycles. The summed E-state index contributed by atoms with van der Waals surface area (Å²) >= 11 is 0. The van der Waals surface area contributed by atoms with Gasteiger partial charge in [-0.15, -0.1) is 0 Å². The smallest absolute Gasteiger partial charge is 0.225 e. The summed E-state index contributed by atoms with van der Waals surface area (Å²) in [5.41, 5.74) is 9.23. The maximum Gasteiger partial charge on any atom is 0.225 e. The highest BCUT2D eigenvalue weighted by Crippen LogP contribution is 2.32. The number of nitrogens with two attached hydrogens (primary N) is 1. The van der Waals surface area contributed by atoms with Gasteiger partial charge in [-0.25, -0.2) is 4.39 Å². The Morgan fingerprint density at radius 2 is 2.10 bits per heavy atom. The third-order valence-corrected chi connectivity index (χ3v) is 3.89. The van der Waals surface area contributed by atoms with E-state index in [2.05, 4.69) is 5.32 Å². The number of carbonyl (C=O) groups excluding carboxylic acids is 1. The molecule has 4 heteroatoms. The lowest BCUT2D eigenvalue weighted by Gasteiger charge is -2.14. The van der Waals surface area contributed by atoms with Crippen LogP contribution in [-0.4, -0.2) is 5.91 Å². The number of anilines is 1. The Balaban J connectivity index is 1.69. The highest BCUT2D eigenvalue weighted by atomic mass is 19.1. The predicted octanol–water partition coefficient (Wildman–Crippen LogP) is 2.75. The molecule has 0 spiro atoms. The number of fused-ring (bicyclic) bond motifs is 1. The van der Waals surface area contributed by atoms with Crippen LogP contribution in [-0.2, 0) is 17.6 Å². The van der Waals surface area contributed by atoms with Crippen LogP contribution in [0, 0.1) is 5.82 Å². The van der Waals surface area contributed by atoms with Gasteiger partial charge < -0.3 is 11.1 Å². The first kappa shape index (κ1) is 13.6. The number of nitrogen functional groups attached to an aromatic ring is 1. The number of hydrogen-bond donors (Lipinski definition) is 2. The zero-order chi connectivity index (χ0) is 14.8. The van der Waals surface area contributed by atoms with Gasteiger partial charge in [0.2, 0.25) is 5.91 Å². The molecule has 1 atom stereocenters. The maximum absolute atomic E-state index is 13.6. The number of carbonyl (C=O) groups is 1. The molecule has 0 aliphatic heterocycles. The van der Waals surface area contributed by atoms with Gasteiger partial charge in [0.05, 0.1) is 12.5 Å². The summed E-state index contributed by atoms with van der Waals surface area (Å²) in [6, 6.07) is 12.1. The Morgan fingerprint density at radius 3 is 2.90 bits per heavy atom. The molecular weight excluding hydrogens is 267 g/mol. The molecule has 108 valence electrons. The van der Waals surface area contributed by atoms with Crippen LogP contribution >= 0.6 is 0 Å². The SMILES string of the molecule is Nc1ccc2c(c1)CCC2NC(=O)Cc1ccccc1F. The summed E-state index contributed by atoms with van der Waals surface area (Å²) in [6.45, 7) is 0. The van der Waals surface area contributed by atoms with Crippen LogP contribution < -0.4 is 11.1 Å². The molecule has 3 rings (SSSR count). The molecule has 1 aliphatic rings. The fraction of sp³-hybridized carbons (Fsp3) is 0.235. The molecule has 0 radical (unpaired) electrons. The third kappa shape index (κ3) is 2.89. The van der Waals surface area contributed by atoms with E-state index in [4.69, 9.17) is 5.73 Å². The van der Waals surface area contributed by atoms with Crippen molar-refractivity contribution in [1.29, 1.82) is 0 Å². The average Bonchev–Trinajstić information content (AvgIpc) is 2.83. The molecule has 21 heavy (non-hydrogen) atoms. The summed E-state index contributed by atoms with van der Waals surface area (Å²) in [7, 11) is 0. The standard InChI is InChI=1S/C17H17FN2O/c18-15-4-2-1-3-12(15)10-17(21)20-16-8-5-11-9-13(19)6-7-14(11)16/h1-4,6-7,9,16H,5,8,10,19H2,(H,20,21). The van der Waals surface area contributed by atoms with Crippen LogP contribution in [0.4, 0.5) is 10.1 Å². The van der Waals surface area contributed by atoms with Gasteiger partial charge in [0.25, 0.3) is 0 Å². The third-order valence-electron chi connectivity index (χ3n) is 3.89. The van der Waals surface area contributed by atoms with Crippen molar-refractivity contribution >= 4 is 11.6 Å². The van der Waals surface area contributed by atoms with Gasteiger partial charge >= 0.3 is 0 Å². The fourth-order valence-electron chi connectivity index (χ4n) is 2.85. The second-order valence-electron chi connectivity index (χ2n) is 5.39. The first-order valence-corrected chi connectivity index (χ1v) is 7.04. The summed E-state index contributed by atoms with van der Waals surface area (Å²) in [6.07, 6.45) is 1.83. The molecule has 0 bridgehead atoms. The summed E-state index contributed by atoms with van der Waals surface area (Å²) in [4.78, 5) is 12.1. The van der Waals surface area contributed by atoms with E-state index in [0.717, 1.165) is 24.1 Å². The Kier molecular flexibility index (Phi) is 3.60. The largest absolute Gasteiger partial charge is 0.399 e. The Bertz CT molecular complexity index is 684.